The summed E-state index contributed by atoms with van der Waals surface area (Å²) in [7, 11) is -2.73. The highest BCUT2D eigenvalue weighted by atomic mass is 35.5. The van der Waals surface area contributed by atoms with Gasteiger partial charge in [-0.1, -0.05) is 41.9 Å². The maximum Gasteiger partial charge on any atom is 0.264 e. The SMILES string of the molecule is CCNC(=O)[C@@H](C)N(Cc1ccc(OC)cc1)C(=O)CN(c1ccc(F)c(Cl)c1)S(=O)(=O)c1ccccc1. The number of sulfonamides is 1. The van der Waals surface area contributed by atoms with Crippen molar-refractivity contribution in [1.82, 2.24) is 10.2 Å². The quantitative estimate of drug-likeness (QED) is 0.378. The van der Waals surface area contributed by atoms with Crippen molar-refractivity contribution in [2.45, 2.75) is 31.3 Å². The number of likely N-dealkylation sites (N-methyl/N-ethyl adjacent to an activating group) is 1. The Morgan fingerprint density at radius 1 is 1.05 bits per heavy atom. The van der Waals surface area contributed by atoms with Gasteiger partial charge in [0, 0.05) is 13.1 Å². The van der Waals surface area contributed by atoms with Crippen LogP contribution in [0, 0.1) is 5.82 Å². The molecule has 0 aliphatic rings. The fourth-order valence-corrected chi connectivity index (χ4v) is 5.32. The van der Waals surface area contributed by atoms with Gasteiger partial charge in [-0.3, -0.25) is 13.9 Å². The van der Waals surface area contributed by atoms with Crippen LogP contribution in [0.2, 0.25) is 5.02 Å². The molecule has 0 spiro atoms. The predicted octanol–water partition coefficient (Wildman–Crippen LogP) is 4.24. The number of carbonyl (C=O) groups is 2. The number of nitrogens with zero attached hydrogens (tertiary/aromatic N) is 2. The molecule has 38 heavy (non-hydrogen) atoms. The summed E-state index contributed by atoms with van der Waals surface area (Å²) in [5, 5.41) is 2.40. The molecule has 2 amide bonds. The highest BCUT2D eigenvalue weighted by Crippen LogP contribution is 2.28. The van der Waals surface area contributed by atoms with Crippen molar-refractivity contribution >= 4 is 39.1 Å². The summed E-state index contributed by atoms with van der Waals surface area (Å²) in [5.41, 5.74) is 0.709. The van der Waals surface area contributed by atoms with E-state index in [1.54, 1.807) is 56.3 Å². The number of anilines is 1. The second-order valence-electron chi connectivity index (χ2n) is 8.36. The number of benzene rings is 3. The van der Waals surface area contributed by atoms with Gasteiger partial charge >= 0.3 is 0 Å². The molecular formula is C27H29ClFN3O5S. The van der Waals surface area contributed by atoms with Crippen LogP contribution < -0.4 is 14.4 Å². The van der Waals surface area contributed by atoms with Gasteiger partial charge in [0.05, 0.1) is 22.7 Å². The average Bonchev–Trinajstić information content (AvgIpc) is 2.92. The number of carbonyl (C=O) groups excluding carboxylic acids is 2. The Morgan fingerprint density at radius 3 is 2.29 bits per heavy atom. The Hall–Kier alpha value is -3.63. The molecule has 3 aromatic rings. The van der Waals surface area contributed by atoms with E-state index < -0.39 is 40.2 Å². The Kier molecular flexibility index (Phi) is 9.71. The fraction of sp³-hybridized carbons (Fsp3) is 0.259. The van der Waals surface area contributed by atoms with Gasteiger partial charge in [-0.2, -0.15) is 0 Å². The Balaban J connectivity index is 2.03. The Morgan fingerprint density at radius 2 is 1.71 bits per heavy atom. The van der Waals surface area contributed by atoms with E-state index >= 15 is 0 Å². The van der Waals surface area contributed by atoms with Gasteiger partial charge in [0.15, 0.2) is 0 Å². The van der Waals surface area contributed by atoms with Crippen LogP contribution in [0.5, 0.6) is 5.75 Å². The topological polar surface area (TPSA) is 96.0 Å². The Bertz CT molecular complexity index is 1370. The van der Waals surface area contributed by atoms with Crippen molar-refractivity contribution in [2.24, 2.45) is 0 Å². The average molecular weight is 562 g/mol. The van der Waals surface area contributed by atoms with Gasteiger partial charge in [0.1, 0.15) is 24.2 Å². The third-order valence-corrected chi connectivity index (χ3v) is 7.91. The summed E-state index contributed by atoms with van der Waals surface area (Å²) >= 11 is 5.96. The first-order valence-corrected chi connectivity index (χ1v) is 13.6. The smallest absolute Gasteiger partial charge is 0.264 e. The van der Waals surface area contributed by atoms with Crippen LogP contribution >= 0.6 is 11.6 Å². The van der Waals surface area contributed by atoms with Gasteiger partial charge in [-0.25, -0.2) is 12.8 Å². The number of amides is 2. The van der Waals surface area contributed by atoms with E-state index in [4.69, 9.17) is 16.3 Å². The van der Waals surface area contributed by atoms with Gasteiger partial charge in [-0.05, 0) is 61.9 Å². The van der Waals surface area contributed by atoms with E-state index in [0.717, 1.165) is 16.4 Å². The zero-order valence-electron chi connectivity index (χ0n) is 21.2. The molecule has 1 N–H and O–H groups in total. The van der Waals surface area contributed by atoms with Crippen LogP contribution in [-0.2, 0) is 26.2 Å². The molecule has 0 aromatic heterocycles. The summed E-state index contributed by atoms with van der Waals surface area (Å²) in [6.07, 6.45) is 0. The molecule has 0 saturated carbocycles. The van der Waals surface area contributed by atoms with E-state index in [-0.39, 0.29) is 22.2 Å². The Labute approximate surface area is 227 Å². The van der Waals surface area contributed by atoms with Gasteiger partial charge in [0.2, 0.25) is 11.8 Å². The third kappa shape index (κ3) is 6.81. The minimum atomic E-state index is -4.26. The van der Waals surface area contributed by atoms with Crippen LogP contribution in [0.3, 0.4) is 0 Å². The van der Waals surface area contributed by atoms with Crippen molar-refractivity contribution < 1.29 is 27.1 Å². The van der Waals surface area contributed by atoms with E-state index in [0.29, 0.717) is 17.9 Å². The van der Waals surface area contributed by atoms with Gasteiger partial charge in [0.25, 0.3) is 10.0 Å². The molecule has 0 radical (unpaired) electrons. The number of rotatable bonds is 11. The molecule has 8 nitrogen and oxygen atoms in total. The monoisotopic (exact) mass is 561 g/mol. The molecular weight excluding hydrogens is 533 g/mol. The van der Waals surface area contributed by atoms with Gasteiger partial charge < -0.3 is 15.0 Å². The highest BCUT2D eigenvalue weighted by molar-refractivity contribution is 7.92. The number of halogens is 2. The molecule has 0 bridgehead atoms. The lowest BCUT2D eigenvalue weighted by Gasteiger charge is -2.32. The summed E-state index contributed by atoms with van der Waals surface area (Å²) in [4.78, 5) is 27.7. The maximum absolute atomic E-state index is 13.9. The zero-order chi connectivity index (χ0) is 27.9. The molecule has 11 heteroatoms. The van der Waals surface area contributed by atoms with Gasteiger partial charge in [-0.15, -0.1) is 0 Å². The minimum Gasteiger partial charge on any atom is -0.497 e. The molecule has 3 aromatic carbocycles. The lowest BCUT2D eigenvalue weighted by Crippen LogP contribution is -2.51. The minimum absolute atomic E-state index is 0.00339. The number of hydrogen-bond donors (Lipinski definition) is 1. The van der Waals surface area contributed by atoms with E-state index in [1.165, 1.54) is 30.2 Å². The molecule has 202 valence electrons. The second kappa shape index (κ2) is 12.7. The lowest BCUT2D eigenvalue weighted by atomic mass is 10.1. The predicted molar refractivity (Wildman–Crippen MR) is 144 cm³/mol. The molecule has 0 unspecified atom stereocenters. The van der Waals surface area contributed by atoms with Crippen molar-refractivity contribution in [3.8, 4) is 5.75 Å². The molecule has 0 aliphatic heterocycles. The van der Waals surface area contributed by atoms with Crippen molar-refractivity contribution in [3.63, 3.8) is 0 Å². The second-order valence-corrected chi connectivity index (χ2v) is 10.6. The highest BCUT2D eigenvalue weighted by Gasteiger charge is 2.32. The molecule has 0 saturated heterocycles. The lowest BCUT2D eigenvalue weighted by molar-refractivity contribution is -0.139. The van der Waals surface area contributed by atoms with Crippen LogP contribution in [0.4, 0.5) is 10.1 Å². The fourth-order valence-electron chi connectivity index (χ4n) is 3.72. The van der Waals surface area contributed by atoms with Crippen LogP contribution in [0.25, 0.3) is 0 Å². The number of nitrogens with one attached hydrogen (secondary N) is 1. The third-order valence-electron chi connectivity index (χ3n) is 5.83. The van der Waals surface area contributed by atoms with Crippen molar-refractivity contribution in [2.75, 3.05) is 24.5 Å². The summed E-state index contributed by atoms with van der Waals surface area (Å²) in [6.45, 7) is 3.06. The van der Waals surface area contributed by atoms with E-state index in [2.05, 4.69) is 5.32 Å². The maximum atomic E-state index is 13.9. The van der Waals surface area contributed by atoms with Crippen LogP contribution in [-0.4, -0.2) is 51.4 Å². The molecule has 3 rings (SSSR count). The number of methoxy groups -OCH3 is 1. The number of hydrogen-bond acceptors (Lipinski definition) is 5. The van der Waals surface area contributed by atoms with Crippen LogP contribution in [0.1, 0.15) is 19.4 Å². The normalized spacial score (nSPS) is 11.9. The molecule has 1 atom stereocenters. The van der Waals surface area contributed by atoms with Crippen LogP contribution in [0.15, 0.2) is 77.7 Å². The van der Waals surface area contributed by atoms with Crippen molar-refractivity contribution in [1.29, 1.82) is 0 Å². The first-order valence-electron chi connectivity index (χ1n) is 11.8. The first kappa shape index (κ1) is 28.9. The zero-order valence-corrected chi connectivity index (χ0v) is 22.8. The molecule has 0 aliphatic carbocycles. The van der Waals surface area contributed by atoms with Crippen molar-refractivity contribution in [3.05, 3.63) is 89.2 Å². The molecule has 0 heterocycles. The standard InChI is InChI=1S/C27H29ClFN3O5S/c1-4-30-27(34)19(2)31(17-20-10-13-22(37-3)14-11-20)26(33)18-32(21-12-15-25(29)24(28)16-21)38(35,36)23-8-6-5-7-9-23/h5-16,19H,4,17-18H2,1-3H3,(H,30,34)/t19-/m1/s1. The van der Waals surface area contributed by atoms with E-state index in [1.807, 2.05) is 0 Å². The summed E-state index contributed by atoms with van der Waals surface area (Å²) < 4.78 is 47.2. The summed E-state index contributed by atoms with van der Waals surface area (Å²) in [6, 6.07) is 17.0. The first-order chi connectivity index (χ1) is 18.1. The summed E-state index contributed by atoms with van der Waals surface area (Å²) in [5.74, 6) is -1.14. The molecule has 0 fully saturated rings. The largest absolute Gasteiger partial charge is 0.497 e. The van der Waals surface area contributed by atoms with E-state index in [9.17, 15) is 22.4 Å². The number of ether oxygens (including phenoxy) is 1.